The van der Waals surface area contributed by atoms with E-state index in [9.17, 15) is 0 Å². The molecule has 0 radical (unpaired) electrons. The average molecular weight is 181 g/mol. The molecule has 0 N–H and O–H groups in total. The number of hydrogen-bond acceptors (Lipinski definition) is 3. The molecule has 0 aromatic heterocycles. The first-order valence-electron chi connectivity index (χ1n) is 3.85. The van der Waals surface area contributed by atoms with E-state index >= 15 is 0 Å². The van der Waals surface area contributed by atoms with Gasteiger partial charge in [0.15, 0.2) is 0 Å². The monoisotopic (exact) mass is 181 g/mol. The largest absolute Gasteiger partial charge is 0.501 e. The zero-order valence-electron chi connectivity index (χ0n) is 7.20. The van der Waals surface area contributed by atoms with Crippen LogP contribution in [0.4, 0.5) is 0 Å². The molecule has 0 fully saturated rings. The van der Waals surface area contributed by atoms with Crippen molar-refractivity contribution in [2.45, 2.75) is 13.8 Å². The first kappa shape index (κ1) is 9.21. The average Bonchev–Trinajstić information content (AvgIpc) is 2.42. The highest BCUT2D eigenvalue weighted by molar-refractivity contribution is 8.07. The molecule has 0 aromatic rings. The van der Waals surface area contributed by atoms with E-state index in [1.54, 1.807) is 18.0 Å². The van der Waals surface area contributed by atoms with Crippen molar-refractivity contribution < 1.29 is 4.74 Å². The summed E-state index contributed by atoms with van der Waals surface area (Å²) in [5.41, 5.74) is 0. The van der Waals surface area contributed by atoms with Crippen LogP contribution in [0.1, 0.15) is 13.8 Å². The van der Waals surface area contributed by atoms with Crippen LogP contribution >= 0.6 is 11.8 Å². The van der Waals surface area contributed by atoms with E-state index < -0.39 is 0 Å². The van der Waals surface area contributed by atoms with Crippen molar-refractivity contribution in [3.63, 3.8) is 0 Å². The van der Waals surface area contributed by atoms with E-state index in [-0.39, 0.29) is 5.92 Å². The van der Waals surface area contributed by atoms with Crippen molar-refractivity contribution in [3.8, 4) is 6.07 Å². The summed E-state index contributed by atoms with van der Waals surface area (Å²) in [4.78, 5) is 2.17. The molecule has 0 aliphatic carbocycles. The van der Waals surface area contributed by atoms with Crippen LogP contribution in [-0.2, 0) is 4.74 Å². The molecule has 1 rings (SSSR count). The van der Waals surface area contributed by atoms with Gasteiger partial charge in [0.2, 0.25) is 0 Å². The summed E-state index contributed by atoms with van der Waals surface area (Å²) in [5.74, 6) is -0.0958. The molecule has 0 aromatic carbocycles. The maximum atomic E-state index is 8.75. The van der Waals surface area contributed by atoms with Gasteiger partial charge in [-0.1, -0.05) is 17.8 Å². The molecule has 64 valence electrons. The smallest absolute Gasteiger partial charge is 0.0996 e. The van der Waals surface area contributed by atoms with Crippen molar-refractivity contribution >= 4 is 11.8 Å². The summed E-state index contributed by atoms with van der Waals surface area (Å²) in [6, 6.07) is 2.21. The molecule has 0 spiro atoms. The van der Waals surface area contributed by atoms with Crippen LogP contribution in [0.25, 0.3) is 0 Å². The second kappa shape index (κ2) is 4.22. The molecule has 1 heterocycles. The molecule has 0 saturated heterocycles. The lowest BCUT2D eigenvalue weighted by Crippen LogP contribution is -1.90. The third-order valence-corrected chi connectivity index (χ3v) is 2.54. The van der Waals surface area contributed by atoms with E-state index in [2.05, 4.69) is 6.07 Å². The minimum atomic E-state index is -0.0958. The Morgan fingerprint density at radius 1 is 1.83 bits per heavy atom. The Labute approximate surface area is 76.9 Å². The summed E-state index contributed by atoms with van der Waals surface area (Å²) in [5, 5.41) is 8.75. The highest BCUT2D eigenvalue weighted by atomic mass is 32.2. The van der Waals surface area contributed by atoms with Crippen molar-refractivity contribution in [1.29, 1.82) is 5.26 Å². The molecule has 1 aliphatic rings. The maximum Gasteiger partial charge on any atom is 0.0996 e. The lowest BCUT2D eigenvalue weighted by molar-refractivity contribution is 0.267. The van der Waals surface area contributed by atoms with Gasteiger partial charge in [0, 0.05) is 4.91 Å². The Morgan fingerprint density at radius 3 is 3.17 bits per heavy atom. The van der Waals surface area contributed by atoms with Crippen LogP contribution in [-0.4, -0.2) is 6.61 Å². The number of rotatable bonds is 2. The second-order valence-corrected chi connectivity index (χ2v) is 3.78. The van der Waals surface area contributed by atoms with Crippen molar-refractivity contribution in [2.24, 2.45) is 5.92 Å². The Morgan fingerprint density at radius 2 is 2.58 bits per heavy atom. The van der Waals surface area contributed by atoms with Gasteiger partial charge >= 0.3 is 0 Å². The van der Waals surface area contributed by atoms with Gasteiger partial charge < -0.3 is 4.74 Å². The Balaban J connectivity index is 2.65. The van der Waals surface area contributed by atoms with Gasteiger partial charge in [0.05, 0.1) is 24.9 Å². The topological polar surface area (TPSA) is 33.0 Å². The van der Waals surface area contributed by atoms with E-state index in [4.69, 9.17) is 10.00 Å². The zero-order chi connectivity index (χ0) is 8.97. The second-order valence-electron chi connectivity index (χ2n) is 2.46. The third-order valence-electron chi connectivity index (χ3n) is 1.49. The Hall–Kier alpha value is -0.880. The van der Waals surface area contributed by atoms with Crippen LogP contribution in [0.15, 0.2) is 22.1 Å². The summed E-state index contributed by atoms with van der Waals surface area (Å²) in [6.07, 6.45) is 3.64. The predicted octanol–water partition coefficient (Wildman–Crippen LogP) is 2.65. The van der Waals surface area contributed by atoms with E-state index in [1.165, 1.54) is 4.91 Å². The minimum absolute atomic E-state index is 0.0958. The summed E-state index contributed by atoms with van der Waals surface area (Å²) in [6.45, 7) is 4.58. The number of hydrogen-bond donors (Lipinski definition) is 0. The fraction of sp³-hybridized carbons (Fsp3) is 0.444. The number of thioether (sulfide) groups is 1. The molecule has 1 unspecified atom stereocenters. The molecule has 3 heteroatoms. The van der Waals surface area contributed by atoms with Gasteiger partial charge in [-0.3, -0.25) is 0 Å². The van der Waals surface area contributed by atoms with Gasteiger partial charge in [0.1, 0.15) is 0 Å². The molecule has 0 bridgehead atoms. The fourth-order valence-corrected chi connectivity index (χ4v) is 1.90. The third kappa shape index (κ3) is 2.05. The highest BCUT2D eigenvalue weighted by Crippen LogP contribution is 2.39. The first-order valence-corrected chi connectivity index (χ1v) is 4.67. The molecule has 0 saturated carbocycles. The molecular weight excluding hydrogens is 170 g/mol. The first-order chi connectivity index (χ1) is 5.77. The molecule has 1 aliphatic heterocycles. The Kier molecular flexibility index (Phi) is 3.24. The van der Waals surface area contributed by atoms with E-state index in [1.807, 2.05) is 19.9 Å². The Bertz CT molecular complexity index is 262. The van der Waals surface area contributed by atoms with Crippen molar-refractivity contribution in [3.05, 3.63) is 22.1 Å². The van der Waals surface area contributed by atoms with Crippen LogP contribution in [0.2, 0.25) is 0 Å². The number of ether oxygens (including phenoxy) is 1. The number of nitriles is 1. The lowest BCUT2D eigenvalue weighted by Gasteiger charge is -2.00. The predicted molar refractivity (Wildman–Crippen MR) is 50.2 cm³/mol. The van der Waals surface area contributed by atoms with Crippen LogP contribution < -0.4 is 0 Å². The summed E-state index contributed by atoms with van der Waals surface area (Å²) in [7, 11) is 0. The lowest BCUT2D eigenvalue weighted by atomic mass is 10.1. The minimum Gasteiger partial charge on any atom is -0.501 e. The normalized spacial score (nSPS) is 25.2. The molecule has 1 atom stereocenters. The SMILES string of the molecule is CCOC=C1SC(C)=CC1C#N. The summed E-state index contributed by atoms with van der Waals surface area (Å²) < 4.78 is 5.13. The van der Waals surface area contributed by atoms with E-state index in [0.29, 0.717) is 6.61 Å². The highest BCUT2D eigenvalue weighted by Gasteiger charge is 2.19. The van der Waals surface area contributed by atoms with Gasteiger partial charge in [0.25, 0.3) is 0 Å². The standard InChI is InChI=1S/C9H11NOS/c1-3-11-6-9-8(5-10)4-7(2)12-9/h4,6,8H,3H2,1-2H3. The van der Waals surface area contributed by atoms with Crippen LogP contribution in [0.3, 0.4) is 0 Å². The van der Waals surface area contributed by atoms with Gasteiger partial charge in [-0.25, -0.2) is 0 Å². The maximum absolute atomic E-state index is 8.75. The van der Waals surface area contributed by atoms with Crippen LogP contribution in [0, 0.1) is 17.2 Å². The number of nitrogens with zero attached hydrogens (tertiary/aromatic N) is 1. The van der Waals surface area contributed by atoms with Crippen molar-refractivity contribution in [2.75, 3.05) is 6.61 Å². The summed E-state index contributed by atoms with van der Waals surface area (Å²) >= 11 is 1.61. The molecule has 0 amide bonds. The zero-order valence-corrected chi connectivity index (χ0v) is 8.02. The van der Waals surface area contributed by atoms with E-state index in [0.717, 1.165) is 4.91 Å². The van der Waals surface area contributed by atoms with Gasteiger partial charge in [-0.05, 0) is 18.8 Å². The van der Waals surface area contributed by atoms with Crippen LogP contribution in [0.5, 0.6) is 0 Å². The molecule has 12 heavy (non-hydrogen) atoms. The molecule has 2 nitrogen and oxygen atoms in total. The molecular formula is C9H11NOS. The number of allylic oxidation sites excluding steroid dienone is 3. The van der Waals surface area contributed by atoms with Crippen molar-refractivity contribution in [1.82, 2.24) is 0 Å². The van der Waals surface area contributed by atoms with Gasteiger partial charge in [-0.15, -0.1) is 0 Å². The fourth-order valence-electron chi connectivity index (χ4n) is 0.964. The quantitative estimate of drug-likeness (QED) is 0.614. The van der Waals surface area contributed by atoms with Gasteiger partial charge in [-0.2, -0.15) is 5.26 Å².